The first-order valence-corrected chi connectivity index (χ1v) is 4.73. The molecule has 2 rings (SSSR count). The monoisotopic (exact) mass is 203 g/mol. The van der Waals surface area contributed by atoms with Crippen LogP contribution < -0.4 is 11.1 Å². The van der Waals surface area contributed by atoms with E-state index in [9.17, 15) is 0 Å². The summed E-state index contributed by atoms with van der Waals surface area (Å²) in [6.07, 6.45) is 5.02. The minimum Gasteiger partial charge on any atom is -0.472 e. The zero-order valence-corrected chi connectivity index (χ0v) is 8.53. The van der Waals surface area contributed by atoms with Crippen LogP contribution in [0.5, 0.6) is 0 Å². The maximum atomic E-state index is 5.67. The normalized spacial score (nSPS) is 10.2. The average Bonchev–Trinajstić information content (AvgIpc) is 2.73. The molecule has 0 aliphatic carbocycles. The maximum Gasteiger partial charge on any atom is 0.126 e. The van der Waals surface area contributed by atoms with Gasteiger partial charge in [-0.2, -0.15) is 0 Å². The van der Waals surface area contributed by atoms with Gasteiger partial charge >= 0.3 is 0 Å². The van der Waals surface area contributed by atoms with Gasteiger partial charge in [-0.15, -0.1) is 0 Å². The number of nitrogens with zero attached hydrogens (tertiary/aromatic N) is 1. The van der Waals surface area contributed by atoms with Crippen LogP contribution >= 0.6 is 0 Å². The van der Waals surface area contributed by atoms with Gasteiger partial charge in [0, 0.05) is 12.1 Å². The van der Waals surface area contributed by atoms with Crippen LogP contribution in [0.25, 0.3) is 0 Å². The summed E-state index contributed by atoms with van der Waals surface area (Å²) < 4.78 is 4.97. The van der Waals surface area contributed by atoms with E-state index in [0.717, 1.165) is 16.9 Å². The number of anilines is 2. The van der Waals surface area contributed by atoms with Gasteiger partial charge in [0.2, 0.25) is 0 Å². The predicted octanol–water partition coefficient (Wildman–Crippen LogP) is 2.18. The van der Waals surface area contributed by atoms with Crippen molar-refractivity contribution in [3.63, 3.8) is 0 Å². The lowest BCUT2D eigenvalue weighted by atomic mass is 10.2. The molecule has 0 bridgehead atoms. The lowest BCUT2D eigenvalue weighted by Crippen LogP contribution is -2.01. The van der Waals surface area contributed by atoms with Crippen molar-refractivity contribution < 1.29 is 4.42 Å². The van der Waals surface area contributed by atoms with Crippen LogP contribution in [0, 0.1) is 6.92 Å². The van der Waals surface area contributed by atoms with Gasteiger partial charge in [0.15, 0.2) is 0 Å². The molecule has 0 unspecified atom stereocenters. The smallest absolute Gasteiger partial charge is 0.126 e. The molecule has 0 amide bonds. The van der Waals surface area contributed by atoms with Gasteiger partial charge in [0.25, 0.3) is 0 Å². The van der Waals surface area contributed by atoms with Crippen molar-refractivity contribution in [3.05, 3.63) is 42.0 Å². The van der Waals surface area contributed by atoms with Crippen LogP contribution in [0.15, 0.2) is 35.3 Å². The van der Waals surface area contributed by atoms with Crippen LogP contribution in [-0.4, -0.2) is 4.98 Å². The lowest BCUT2D eigenvalue weighted by molar-refractivity contribution is 0.564. The molecule has 2 heterocycles. The second-order valence-electron chi connectivity index (χ2n) is 3.41. The summed E-state index contributed by atoms with van der Waals surface area (Å²) in [5.41, 5.74) is 8.50. The van der Waals surface area contributed by atoms with Crippen LogP contribution in [0.3, 0.4) is 0 Å². The molecule has 0 spiro atoms. The van der Waals surface area contributed by atoms with Gasteiger partial charge in [-0.3, -0.25) is 0 Å². The molecule has 0 atom stereocenters. The van der Waals surface area contributed by atoms with Crippen molar-refractivity contribution in [3.8, 4) is 0 Å². The molecular formula is C11H13N3O. The average molecular weight is 203 g/mol. The summed E-state index contributed by atoms with van der Waals surface area (Å²) in [6, 6.07) is 3.84. The number of nitrogens with one attached hydrogen (secondary N) is 1. The Morgan fingerprint density at radius 2 is 2.40 bits per heavy atom. The molecule has 15 heavy (non-hydrogen) atoms. The quantitative estimate of drug-likeness (QED) is 0.802. The molecule has 78 valence electrons. The molecule has 0 aliphatic heterocycles. The second-order valence-corrected chi connectivity index (χ2v) is 3.41. The highest BCUT2D eigenvalue weighted by molar-refractivity contribution is 5.50. The molecule has 0 radical (unpaired) electrons. The highest BCUT2D eigenvalue weighted by Gasteiger charge is 1.98. The number of nitrogen functional groups attached to an aromatic ring is 1. The van der Waals surface area contributed by atoms with Crippen LogP contribution in [-0.2, 0) is 6.54 Å². The number of pyridine rings is 1. The van der Waals surface area contributed by atoms with Gasteiger partial charge in [-0.1, -0.05) is 0 Å². The number of rotatable bonds is 3. The Morgan fingerprint density at radius 1 is 1.53 bits per heavy atom. The van der Waals surface area contributed by atoms with Gasteiger partial charge in [-0.25, -0.2) is 4.98 Å². The van der Waals surface area contributed by atoms with Crippen molar-refractivity contribution in [1.82, 2.24) is 4.98 Å². The van der Waals surface area contributed by atoms with Gasteiger partial charge < -0.3 is 15.5 Å². The largest absolute Gasteiger partial charge is 0.472 e. The van der Waals surface area contributed by atoms with E-state index in [1.165, 1.54) is 0 Å². The molecular weight excluding hydrogens is 190 g/mol. The fourth-order valence-electron chi connectivity index (χ4n) is 1.25. The first-order valence-electron chi connectivity index (χ1n) is 4.73. The minimum absolute atomic E-state index is 0.701. The summed E-state index contributed by atoms with van der Waals surface area (Å²) in [6.45, 7) is 2.66. The zero-order valence-electron chi connectivity index (χ0n) is 8.53. The van der Waals surface area contributed by atoms with E-state index >= 15 is 0 Å². The zero-order chi connectivity index (χ0) is 10.7. The molecule has 2 aromatic rings. The summed E-state index contributed by atoms with van der Waals surface area (Å²) in [4.78, 5) is 4.17. The Balaban J connectivity index is 2.02. The number of aromatic nitrogens is 1. The Kier molecular flexibility index (Phi) is 2.58. The summed E-state index contributed by atoms with van der Waals surface area (Å²) in [5.74, 6) is 0.822. The third kappa shape index (κ3) is 2.28. The van der Waals surface area contributed by atoms with E-state index in [2.05, 4.69) is 10.3 Å². The molecule has 4 heteroatoms. The standard InChI is InChI=1S/C11H13N3O/c1-8-4-11(14-6-10(8)12)13-5-9-2-3-15-7-9/h2-4,6-7H,5,12H2,1H3,(H,13,14). The van der Waals surface area contributed by atoms with E-state index in [0.29, 0.717) is 12.2 Å². The van der Waals surface area contributed by atoms with E-state index < -0.39 is 0 Å². The number of furan rings is 1. The number of hydrogen-bond acceptors (Lipinski definition) is 4. The first-order chi connectivity index (χ1) is 7.25. The first kappa shape index (κ1) is 9.58. The third-order valence-electron chi connectivity index (χ3n) is 2.21. The molecule has 0 saturated heterocycles. The SMILES string of the molecule is Cc1cc(NCc2ccoc2)ncc1N. The van der Waals surface area contributed by atoms with Gasteiger partial charge in [0.1, 0.15) is 5.82 Å². The predicted molar refractivity (Wildman–Crippen MR) is 59.4 cm³/mol. The summed E-state index contributed by atoms with van der Waals surface area (Å²) in [5, 5.41) is 3.19. The van der Waals surface area contributed by atoms with Gasteiger partial charge in [-0.05, 0) is 24.6 Å². The molecule has 0 aliphatic rings. The van der Waals surface area contributed by atoms with E-state index in [4.69, 9.17) is 10.2 Å². The summed E-state index contributed by atoms with van der Waals surface area (Å²) >= 11 is 0. The molecule has 0 aromatic carbocycles. The fourth-order valence-corrected chi connectivity index (χ4v) is 1.25. The molecule has 4 nitrogen and oxygen atoms in total. The molecule has 2 aromatic heterocycles. The Hall–Kier alpha value is -1.97. The fraction of sp³-hybridized carbons (Fsp3) is 0.182. The van der Waals surface area contributed by atoms with Crippen LogP contribution in [0.2, 0.25) is 0 Å². The lowest BCUT2D eigenvalue weighted by Gasteiger charge is -2.05. The van der Waals surface area contributed by atoms with Gasteiger partial charge in [0.05, 0.1) is 24.4 Å². The molecule has 0 fully saturated rings. The van der Waals surface area contributed by atoms with Crippen molar-refractivity contribution in [2.75, 3.05) is 11.1 Å². The number of hydrogen-bond donors (Lipinski definition) is 2. The Bertz CT molecular complexity index is 437. The Morgan fingerprint density at radius 3 is 3.07 bits per heavy atom. The van der Waals surface area contributed by atoms with Crippen molar-refractivity contribution in [2.24, 2.45) is 0 Å². The third-order valence-corrected chi connectivity index (χ3v) is 2.21. The van der Waals surface area contributed by atoms with E-state index in [1.807, 2.05) is 19.1 Å². The highest BCUT2D eigenvalue weighted by atomic mass is 16.3. The summed E-state index contributed by atoms with van der Waals surface area (Å²) in [7, 11) is 0. The topological polar surface area (TPSA) is 64.1 Å². The van der Waals surface area contributed by atoms with Crippen molar-refractivity contribution in [2.45, 2.75) is 13.5 Å². The number of nitrogens with two attached hydrogens (primary N) is 1. The van der Waals surface area contributed by atoms with Crippen LogP contribution in [0.1, 0.15) is 11.1 Å². The molecule has 3 N–H and O–H groups in total. The van der Waals surface area contributed by atoms with Crippen molar-refractivity contribution in [1.29, 1.82) is 0 Å². The molecule has 0 saturated carbocycles. The van der Waals surface area contributed by atoms with E-state index in [-0.39, 0.29) is 0 Å². The maximum absolute atomic E-state index is 5.67. The highest BCUT2D eigenvalue weighted by Crippen LogP contribution is 2.13. The van der Waals surface area contributed by atoms with E-state index in [1.54, 1.807) is 18.7 Å². The number of aryl methyl sites for hydroxylation is 1. The Labute approximate surface area is 88.1 Å². The minimum atomic E-state index is 0.701. The second kappa shape index (κ2) is 4.04. The van der Waals surface area contributed by atoms with Crippen LogP contribution in [0.4, 0.5) is 11.5 Å². The van der Waals surface area contributed by atoms with Crippen molar-refractivity contribution >= 4 is 11.5 Å².